The van der Waals surface area contributed by atoms with Gasteiger partial charge < -0.3 is 5.73 Å². The van der Waals surface area contributed by atoms with E-state index in [0.29, 0.717) is 11.2 Å². The quantitative estimate of drug-likeness (QED) is 0.778. The predicted molar refractivity (Wildman–Crippen MR) is 82.3 cm³/mol. The van der Waals surface area contributed by atoms with Crippen LogP contribution in [0, 0.1) is 12.7 Å². The summed E-state index contributed by atoms with van der Waals surface area (Å²) < 4.78 is 13.9. The molecule has 2 N–H and O–H groups in total. The van der Waals surface area contributed by atoms with Crippen LogP contribution in [-0.4, -0.2) is 9.97 Å². The van der Waals surface area contributed by atoms with Crippen LogP contribution in [0.1, 0.15) is 24.2 Å². The van der Waals surface area contributed by atoms with Gasteiger partial charge in [-0.2, -0.15) is 0 Å². The lowest BCUT2D eigenvalue weighted by Gasteiger charge is -2.11. The molecule has 0 amide bonds. The Hall–Kier alpha value is -2.33. The highest BCUT2D eigenvalue weighted by Crippen LogP contribution is 2.28. The topological polar surface area (TPSA) is 51.8 Å². The maximum absolute atomic E-state index is 13.9. The fourth-order valence-electron chi connectivity index (χ4n) is 2.51. The Labute approximate surface area is 122 Å². The van der Waals surface area contributed by atoms with Crippen molar-refractivity contribution >= 4 is 10.8 Å². The van der Waals surface area contributed by atoms with Gasteiger partial charge in [-0.15, -0.1) is 0 Å². The number of nitrogens with zero attached hydrogens (tertiary/aromatic N) is 2. The van der Waals surface area contributed by atoms with Gasteiger partial charge in [-0.3, -0.25) is 0 Å². The molecular weight excluding hydrogens is 265 g/mol. The van der Waals surface area contributed by atoms with E-state index in [2.05, 4.69) is 9.97 Å². The third kappa shape index (κ3) is 2.38. The summed E-state index contributed by atoms with van der Waals surface area (Å²) in [4.78, 5) is 8.93. The maximum Gasteiger partial charge on any atom is 0.160 e. The average molecular weight is 281 g/mol. The van der Waals surface area contributed by atoms with Gasteiger partial charge >= 0.3 is 0 Å². The Morgan fingerprint density at radius 3 is 2.48 bits per heavy atom. The zero-order valence-electron chi connectivity index (χ0n) is 12.0. The van der Waals surface area contributed by atoms with E-state index >= 15 is 0 Å². The highest BCUT2D eigenvalue weighted by molar-refractivity contribution is 5.95. The lowest BCUT2D eigenvalue weighted by atomic mass is 10.0. The molecule has 0 fully saturated rings. The zero-order valence-corrected chi connectivity index (χ0v) is 12.0. The Bertz CT molecular complexity index is 812. The highest BCUT2D eigenvalue weighted by Gasteiger charge is 2.12. The molecule has 0 aliphatic heterocycles. The zero-order chi connectivity index (χ0) is 15.0. The molecule has 1 atom stereocenters. The number of nitrogens with two attached hydrogens (primary N) is 1. The van der Waals surface area contributed by atoms with Crippen LogP contribution in [0.5, 0.6) is 0 Å². The van der Waals surface area contributed by atoms with Crippen molar-refractivity contribution in [2.75, 3.05) is 0 Å². The van der Waals surface area contributed by atoms with Gasteiger partial charge in [0.25, 0.3) is 0 Å². The van der Waals surface area contributed by atoms with E-state index < -0.39 is 0 Å². The molecule has 0 saturated carbocycles. The van der Waals surface area contributed by atoms with Gasteiger partial charge in [0.15, 0.2) is 5.82 Å². The fourth-order valence-corrected chi connectivity index (χ4v) is 2.51. The van der Waals surface area contributed by atoms with E-state index in [4.69, 9.17) is 5.73 Å². The van der Waals surface area contributed by atoms with E-state index in [1.165, 1.54) is 6.07 Å². The number of hydrogen-bond acceptors (Lipinski definition) is 3. The van der Waals surface area contributed by atoms with E-state index in [1.54, 1.807) is 18.3 Å². The smallest absolute Gasteiger partial charge is 0.160 e. The van der Waals surface area contributed by atoms with Crippen LogP contribution in [0.2, 0.25) is 0 Å². The molecule has 0 unspecified atom stereocenters. The van der Waals surface area contributed by atoms with E-state index in [1.807, 2.05) is 32.0 Å². The molecular formula is C17H16FN3. The van der Waals surface area contributed by atoms with E-state index in [9.17, 15) is 4.39 Å². The number of aryl methyl sites for hydroxylation is 1. The summed E-state index contributed by atoms with van der Waals surface area (Å²) >= 11 is 0. The van der Waals surface area contributed by atoms with Crippen LogP contribution in [0.3, 0.4) is 0 Å². The number of aromatic nitrogens is 2. The predicted octanol–water partition coefficient (Wildman–Crippen LogP) is 3.76. The minimum atomic E-state index is -0.238. The minimum Gasteiger partial charge on any atom is -0.324 e. The molecule has 0 saturated heterocycles. The standard InChI is InChI=1S/C17H16FN3/c1-10(19)15-9-20-17(21-11(15)2)14-7-8-16(18)13-6-4-3-5-12(13)14/h3-10H,19H2,1-2H3/t10-/m1/s1. The molecule has 2 aromatic carbocycles. The molecule has 21 heavy (non-hydrogen) atoms. The van der Waals surface area contributed by atoms with Crippen molar-refractivity contribution in [1.29, 1.82) is 0 Å². The third-order valence-electron chi connectivity index (χ3n) is 3.62. The number of halogens is 1. The van der Waals surface area contributed by atoms with Crippen LogP contribution in [0.15, 0.2) is 42.6 Å². The summed E-state index contributed by atoms with van der Waals surface area (Å²) in [6, 6.07) is 10.4. The summed E-state index contributed by atoms with van der Waals surface area (Å²) in [5.74, 6) is 0.353. The molecule has 0 bridgehead atoms. The van der Waals surface area contributed by atoms with Crippen molar-refractivity contribution in [2.24, 2.45) is 5.73 Å². The van der Waals surface area contributed by atoms with Gasteiger partial charge in [0, 0.05) is 34.4 Å². The Morgan fingerprint density at radius 1 is 1.10 bits per heavy atom. The van der Waals surface area contributed by atoms with Gasteiger partial charge in [0.2, 0.25) is 0 Å². The second-order valence-electron chi connectivity index (χ2n) is 5.16. The molecule has 0 radical (unpaired) electrons. The number of hydrogen-bond donors (Lipinski definition) is 1. The maximum atomic E-state index is 13.9. The van der Waals surface area contributed by atoms with Gasteiger partial charge in [-0.1, -0.05) is 24.3 Å². The third-order valence-corrected chi connectivity index (χ3v) is 3.62. The van der Waals surface area contributed by atoms with E-state index in [0.717, 1.165) is 22.2 Å². The molecule has 3 nitrogen and oxygen atoms in total. The first-order valence-electron chi connectivity index (χ1n) is 6.84. The van der Waals surface area contributed by atoms with Crippen molar-refractivity contribution in [3.63, 3.8) is 0 Å². The minimum absolute atomic E-state index is 0.107. The molecule has 3 rings (SSSR count). The molecule has 0 spiro atoms. The molecule has 1 aromatic heterocycles. The Kier molecular flexibility index (Phi) is 3.39. The number of rotatable bonds is 2. The van der Waals surface area contributed by atoms with Crippen molar-refractivity contribution in [3.8, 4) is 11.4 Å². The molecule has 0 aliphatic rings. The average Bonchev–Trinajstić information content (AvgIpc) is 2.47. The summed E-state index contributed by atoms with van der Waals surface area (Å²) in [6.07, 6.45) is 1.75. The lowest BCUT2D eigenvalue weighted by molar-refractivity contribution is 0.640. The van der Waals surface area contributed by atoms with Gasteiger partial charge in [0.1, 0.15) is 5.82 Å². The Morgan fingerprint density at radius 2 is 1.81 bits per heavy atom. The second-order valence-corrected chi connectivity index (χ2v) is 5.16. The van der Waals surface area contributed by atoms with Crippen LogP contribution >= 0.6 is 0 Å². The van der Waals surface area contributed by atoms with Crippen LogP contribution in [0.25, 0.3) is 22.2 Å². The summed E-state index contributed by atoms with van der Waals surface area (Å²) in [7, 11) is 0. The first kappa shape index (κ1) is 13.6. The molecule has 106 valence electrons. The summed E-state index contributed by atoms with van der Waals surface area (Å²) in [5, 5.41) is 1.39. The van der Waals surface area contributed by atoms with Gasteiger partial charge in [-0.25, -0.2) is 14.4 Å². The molecule has 3 aromatic rings. The molecule has 0 aliphatic carbocycles. The van der Waals surface area contributed by atoms with Crippen LogP contribution in [-0.2, 0) is 0 Å². The summed E-state index contributed by atoms with van der Waals surface area (Å²) in [6.45, 7) is 3.81. The largest absolute Gasteiger partial charge is 0.324 e. The first-order chi connectivity index (χ1) is 10.1. The SMILES string of the molecule is Cc1nc(-c2ccc(F)c3ccccc23)ncc1[C@@H](C)N. The lowest BCUT2D eigenvalue weighted by Crippen LogP contribution is -2.09. The molecule has 1 heterocycles. The Balaban J connectivity index is 2.22. The number of benzene rings is 2. The van der Waals surface area contributed by atoms with Crippen molar-refractivity contribution < 1.29 is 4.39 Å². The molecule has 4 heteroatoms. The second kappa shape index (κ2) is 5.22. The summed E-state index contributed by atoms with van der Waals surface area (Å²) in [5.41, 5.74) is 8.48. The van der Waals surface area contributed by atoms with Gasteiger partial charge in [0.05, 0.1) is 0 Å². The number of fused-ring (bicyclic) bond motifs is 1. The van der Waals surface area contributed by atoms with Crippen molar-refractivity contribution in [2.45, 2.75) is 19.9 Å². The van der Waals surface area contributed by atoms with Crippen LogP contribution in [0.4, 0.5) is 4.39 Å². The first-order valence-corrected chi connectivity index (χ1v) is 6.84. The van der Waals surface area contributed by atoms with Crippen molar-refractivity contribution in [3.05, 3.63) is 59.7 Å². The van der Waals surface area contributed by atoms with E-state index in [-0.39, 0.29) is 11.9 Å². The van der Waals surface area contributed by atoms with Crippen molar-refractivity contribution in [1.82, 2.24) is 9.97 Å². The monoisotopic (exact) mass is 281 g/mol. The van der Waals surface area contributed by atoms with Gasteiger partial charge in [-0.05, 0) is 31.4 Å². The van der Waals surface area contributed by atoms with Crippen LogP contribution < -0.4 is 5.73 Å². The fraction of sp³-hybridized carbons (Fsp3) is 0.176. The highest BCUT2D eigenvalue weighted by atomic mass is 19.1. The normalized spacial score (nSPS) is 12.6.